The molecular weight excluding hydrogens is 166 g/mol. The van der Waals surface area contributed by atoms with E-state index < -0.39 is 0 Å². The van der Waals surface area contributed by atoms with Crippen LogP contribution < -0.4 is 5.32 Å². The maximum Gasteiger partial charge on any atom is 0.219 e. The van der Waals surface area contributed by atoms with Gasteiger partial charge in [0.2, 0.25) is 5.91 Å². The summed E-state index contributed by atoms with van der Waals surface area (Å²) >= 11 is 0. The maximum absolute atomic E-state index is 11.0. The summed E-state index contributed by atoms with van der Waals surface area (Å²) < 4.78 is 0. The number of carbonyl (C=O) groups excluding carboxylic acids is 2. The molecule has 0 saturated carbocycles. The second-order valence-electron chi connectivity index (χ2n) is 3.10. The van der Waals surface area contributed by atoms with E-state index in [4.69, 9.17) is 0 Å². The number of Topliss-reactive ketones (excluding diaryl/α,β-unsaturated/α-hetero) is 1. The van der Waals surface area contributed by atoms with Gasteiger partial charge in [0.25, 0.3) is 0 Å². The first-order valence-corrected chi connectivity index (χ1v) is 4.99. The van der Waals surface area contributed by atoms with Crippen LogP contribution in [-0.2, 0) is 9.59 Å². The first kappa shape index (κ1) is 12.1. The molecule has 0 unspecified atom stereocenters. The van der Waals surface area contributed by atoms with Crippen LogP contribution in [0.25, 0.3) is 0 Å². The van der Waals surface area contributed by atoms with Crippen molar-refractivity contribution in [3.8, 4) is 0 Å². The Morgan fingerprint density at radius 2 is 1.92 bits per heavy atom. The topological polar surface area (TPSA) is 46.2 Å². The summed E-state index contributed by atoms with van der Waals surface area (Å²) in [6.45, 7) is 4.46. The summed E-state index contributed by atoms with van der Waals surface area (Å²) in [5.41, 5.74) is 0. The zero-order valence-corrected chi connectivity index (χ0v) is 8.56. The Labute approximate surface area is 81.4 Å². The second kappa shape index (κ2) is 7.77. The van der Waals surface area contributed by atoms with E-state index in [0.717, 1.165) is 12.8 Å². The van der Waals surface area contributed by atoms with Gasteiger partial charge in [-0.2, -0.15) is 0 Å². The van der Waals surface area contributed by atoms with Gasteiger partial charge < -0.3 is 5.32 Å². The molecule has 0 bridgehead atoms. The van der Waals surface area contributed by atoms with Crippen LogP contribution in [0, 0.1) is 0 Å². The summed E-state index contributed by atoms with van der Waals surface area (Å²) in [7, 11) is 0. The molecule has 0 atom stereocenters. The van der Waals surface area contributed by atoms with Crippen molar-refractivity contribution in [3.05, 3.63) is 0 Å². The molecule has 0 heterocycles. The largest absolute Gasteiger partial charge is 0.356 e. The zero-order chi connectivity index (χ0) is 10.1. The fourth-order valence-electron chi connectivity index (χ4n) is 1.01. The van der Waals surface area contributed by atoms with Gasteiger partial charge in [-0.15, -0.1) is 0 Å². The summed E-state index contributed by atoms with van der Waals surface area (Å²) in [5, 5.41) is 2.77. The average Bonchev–Trinajstić information content (AvgIpc) is 2.12. The molecule has 0 fully saturated rings. The molecule has 0 radical (unpaired) electrons. The van der Waals surface area contributed by atoms with Crippen LogP contribution in [0.1, 0.15) is 47.4 Å². The average molecular weight is 187 g/mol. The third-order valence-corrected chi connectivity index (χ3v) is 1.83. The number of rotatable bonds is 7. The smallest absolute Gasteiger partial charge is 0.219 e. The number of hydrogen-bond acceptors (Lipinski definition) is 2. The van der Waals surface area contributed by atoms with Crippen molar-refractivity contribution in [1.29, 1.82) is 0 Å². The zero-order valence-electron chi connectivity index (χ0n) is 8.56. The van der Waals surface area contributed by atoms with Gasteiger partial charge in [-0.3, -0.25) is 9.59 Å². The quantitative estimate of drug-likeness (QED) is 0.619. The lowest BCUT2D eigenvalue weighted by Crippen LogP contribution is -2.24. The lowest BCUT2D eigenvalue weighted by atomic mass is 10.2. The Hall–Kier alpha value is -0.860. The molecule has 0 aliphatic carbocycles. The van der Waals surface area contributed by atoms with Gasteiger partial charge in [-0.05, 0) is 12.8 Å². The summed E-state index contributed by atoms with van der Waals surface area (Å²) in [6.07, 6.45) is 3.41. The minimum atomic E-state index is 0. The van der Waals surface area contributed by atoms with Crippen molar-refractivity contribution in [2.24, 2.45) is 0 Å². The highest BCUT2D eigenvalue weighted by molar-refractivity contribution is 5.78. The Kier molecular flexibility index (Phi) is 7.26. The highest BCUT2D eigenvalue weighted by atomic mass is 16.1. The van der Waals surface area contributed by atoms with Crippen LogP contribution in [0.4, 0.5) is 0 Å². The second-order valence-corrected chi connectivity index (χ2v) is 3.10. The molecular formula is C10H21NO2. The van der Waals surface area contributed by atoms with E-state index in [1.165, 1.54) is 0 Å². The van der Waals surface area contributed by atoms with Crippen molar-refractivity contribution in [2.75, 3.05) is 6.54 Å². The predicted octanol–water partition coefficient (Wildman–Crippen LogP) is 1.91. The normalized spacial score (nSPS) is 9.69. The molecule has 0 aromatic heterocycles. The van der Waals surface area contributed by atoms with Gasteiger partial charge in [-0.1, -0.05) is 13.8 Å². The van der Waals surface area contributed by atoms with E-state index in [9.17, 15) is 9.59 Å². The molecule has 0 spiro atoms. The highest BCUT2D eigenvalue weighted by Gasteiger charge is 2.00. The summed E-state index contributed by atoms with van der Waals surface area (Å²) in [6, 6.07) is 0. The minimum Gasteiger partial charge on any atom is -0.356 e. The van der Waals surface area contributed by atoms with E-state index >= 15 is 0 Å². The van der Waals surface area contributed by atoms with Crippen LogP contribution in [0.15, 0.2) is 0 Å². The first-order chi connectivity index (χ1) is 6.20. The lowest BCUT2D eigenvalue weighted by Gasteiger charge is -2.02. The number of hydrogen-bond donors (Lipinski definition) is 1. The number of carbonyl (C=O) groups is 2. The van der Waals surface area contributed by atoms with Gasteiger partial charge in [0, 0.05) is 27.2 Å². The molecule has 0 aromatic rings. The van der Waals surface area contributed by atoms with E-state index in [1.807, 2.05) is 13.8 Å². The van der Waals surface area contributed by atoms with Gasteiger partial charge in [0.05, 0.1) is 0 Å². The molecule has 0 aromatic carbocycles. The fraction of sp³-hybridized carbons (Fsp3) is 0.800. The maximum atomic E-state index is 11.0. The van der Waals surface area contributed by atoms with Crippen LogP contribution >= 0.6 is 0 Å². The molecule has 3 heteroatoms. The molecule has 3 nitrogen and oxygen atoms in total. The van der Waals surface area contributed by atoms with E-state index in [1.54, 1.807) is 0 Å². The third kappa shape index (κ3) is 7.50. The molecule has 0 aliphatic heterocycles. The van der Waals surface area contributed by atoms with Crippen molar-refractivity contribution in [2.45, 2.75) is 46.0 Å². The molecule has 1 amide bonds. The Bertz CT molecular complexity index is 172. The monoisotopic (exact) mass is 187 g/mol. The van der Waals surface area contributed by atoms with Gasteiger partial charge >= 0.3 is 0 Å². The molecule has 13 heavy (non-hydrogen) atoms. The number of ketones is 1. The number of amides is 1. The van der Waals surface area contributed by atoms with E-state index in [-0.39, 0.29) is 13.1 Å². The number of nitrogens with one attached hydrogen (secondary N) is 1. The molecule has 0 saturated heterocycles. The van der Waals surface area contributed by atoms with E-state index in [2.05, 4.69) is 5.32 Å². The molecule has 0 rings (SSSR count). The third-order valence-electron chi connectivity index (χ3n) is 1.83. The predicted molar refractivity (Wildman–Crippen MR) is 54.6 cm³/mol. The Balaban J connectivity index is 0. The van der Waals surface area contributed by atoms with E-state index in [0.29, 0.717) is 25.8 Å². The SMILES string of the molecule is CCCC(=O)NCCCC(=O)CC.[HH]. The van der Waals surface area contributed by atoms with Crippen LogP contribution in [0.3, 0.4) is 0 Å². The minimum absolute atomic E-state index is 0. The summed E-state index contributed by atoms with van der Waals surface area (Å²) in [5.74, 6) is 0.358. The van der Waals surface area contributed by atoms with Crippen LogP contribution in [0.2, 0.25) is 0 Å². The fourth-order valence-corrected chi connectivity index (χ4v) is 1.01. The molecule has 0 aliphatic rings. The Morgan fingerprint density at radius 3 is 2.46 bits per heavy atom. The highest BCUT2D eigenvalue weighted by Crippen LogP contribution is 1.93. The van der Waals surface area contributed by atoms with Crippen LogP contribution in [0.5, 0.6) is 0 Å². The van der Waals surface area contributed by atoms with Gasteiger partial charge in [0.15, 0.2) is 0 Å². The van der Waals surface area contributed by atoms with Crippen molar-refractivity contribution < 1.29 is 11.0 Å². The standard InChI is InChI=1S/C10H19NO2.H2/c1-3-6-10(13)11-8-5-7-9(12)4-2;/h3-8H2,1-2H3,(H,11,13);1H. The summed E-state index contributed by atoms with van der Waals surface area (Å²) in [4.78, 5) is 21.8. The van der Waals surface area contributed by atoms with Gasteiger partial charge in [-0.25, -0.2) is 0 Å². The van der Waals surface area contributed by atoms with Crippen molar-refractivity contribution >= 4 is 11.7 Å². The van der Waals surface area contributed by atoms with Crippen LogP contribution in [-0.4, -0.2) is 18.2 Å². The van der Waals surface area contributed by atoms with Crippen molar-refractivity contribution in [3.63, 3.8) is 0 Å². The lowest BCUT2D eigenvalue weighted by molar-refractivity contribution is -0.122. The first-order valence-electron chi connectivity index (χ1n) is 4.99. The Morgan fingerprint density at radius 1 is 1.23 bits per heavy atom. The molecule has 78 valence electrons. The van der Waals surface area contributed by atoms with Crippen molar-refractivity contribution in [1.82, 2.24) is 5.32 Å². The molecule has 1 N–H and O–H groups in total. The van der Waals surface area contributed by atoms with Gasteiger partial charge in [0.1, 0.15) is 5.78 Å².